The molecule has 5 heteroatoms. The number of nitrogens with one attached hydrogen (secondary N) is 1. The first kappa shape index (κ1) is 13.2. The Labute approximate surface area is 99.4 Å². The summed E-state index contributed by atoms with van der Waals surface area (Å²) >= 11 is 0. The predicted molar refractivity (Wildman–Crippen MR) is 62.9 cm³/mol. The van der Waals surface area contributed by atoms with Gasteiger partial charge in [0.1, 0.15) is 6.61 Å². The standard InChI is InChI=1S/C12H15NO4/c1-8-5-3-4-6-10(8)13-11(14)7-17-9(2)12(15)16/h3-6,9H,7H2,1-2H3,(H,13,14)(H,15,16)/t9-/m0/s1. The van der Waals surface area contributed by atoms with Crippen molar-refractivity contribution in [2.45, 2.75) is 20.0 Å². The number of rotatable bonds is 5. The van der Waals surface area contributed by atoms with Crippen LogP contribution in [-0.2, 0) is 14.3 Å². The third kappa shape index (κ3) is 4.24. The van der Waals surface area contributed by atoms with Gasteiger partial charge in [-0.1, -0.05) is 18.2 Å². The lowest BCUT2D eigenvalue weighted by atomic mass is 10.2. The number of aryl methyl sites for hydroxylation is 1. The molecule has 0 bridgehead atoms. The van der Waals surface area contributed by atoms with Crippen LogP contribution in [0.1, 0.15) is 12.5 Å². The molecule has 0 unspecified atom stereocenters. The largest absolute Gasteiger partial charge is 0.479 e. The second-order valence-corrected chi connectivity index (χ2v) is 3.65. The highest BCUT2D eigenvalue weighted by molar-refractivity contribution is 5.92. The predicted octanol–water partition coefficient (Wildman–Crippen LogP) is 1.42. The lowest BCUT2D eigenvalue weighted by Gasteiger charge is -2.10. The van der Waals surface area contributed by atoms with Gasteiger partial charge in [0.05, 0.1) is 0 Å². The molecule has 0 fully saturated rings. The van der Waals surface area contributed by atoms with Crippen molar-refractivity contribution in [1.82, 2.24) is 0 Å². The highest BCUT2D eigenvalue weighted by Gasteiger charge is 2.13. The van der Waals surface area contributed by atoms with Crippen LogP contribution < -0.4 is 5.32 Å². The van der Waals surface area contributed by atoms with E-state index < -0.39 is 12.1 Å². The van der Waals surface area contributed by atoms with Gasteiger partial charge in [-0.3, -0.25) is 4.79 Å². The van der Waals surface area contributed by atoms with Crippen molar-refractivity contribution in [1.29, 1.82) is 0 Å². The van der Waals surface area contributed by atoms with Crippen LogP contribution in [0.25, 0.3) is 0 Å². The van der Waals surface area contributed by atoms with Crippen LogP contribution in [-0.4, -0.2) is 29.7 Å². The molecule has 1 atom stereocenters. The van der Waals surface area contributed by atoms with Gasteiger partial charge < -0.3 is 15.2 Å². The number of carbonyl (C=O) groups is 2. The molecule has 1 aromatic rings. The van der Waals surface area contributed by atoms with Gasteiger partial charge in [0.2, 0.25) is 5.91 Å². The van der Waals surface area contributed by atoms with Gasteiger partial charge in [0, 0.05) is 5.69 Å². The first-order chi connectivity index (χ1) is 8.00. The van der Waals surface area contributed by atoms with E-state index in [1.807, 2.05) is 25.1 Å². The van der Waals surface area contributed by atoms with Crippen molar-refractivity contribution in [3.8, 4) is 0 Å². The zero-order valence-corrected chi connectivity index (χ0v) is 9.77. The number of anilines is 1. The summed E-state index contributed by atoms with van der Waals surface area (Å²) in [6.07, 6.45) is -0.988. The molecule has 0 aliphatic rings. The molecule has 0 aliphatic heterocycles. The van der Waals surface area contributed by atoms with E-state index in [1.54, 1.807) is 6.07 Å². The molecule has 0 aliphatic carbocycles. The number of carboxylic acids is 1. The third-order valence-corrected chi connectivity index (χ3v) is 2.23. The molecule has 1 rings (SSSR count). The Morgan fingerprint density at radius 1 is 1.41 bits per heavy atom. The van der Waals surface area contributed by atoms with Gasteiger partial charge >= 0.3 is 5.97 Å². The Kier molecular flexibility index (Phi) is 4.66. The molecule has 92 valence electrons. The summed E-state index contributed by atoms with van der Waals surface area (Å²) in [5.41, 5.74) is 1.64. The number of benzene rings is 1. The van der Waals surface area contributed by atoms with E-state index in [1.165, 1.54) is 6.92 Å². The van der Waals surface area contributed by atoms with Crippen LogP contribution in [0.3, 0.4) is 0 Å². The number of carboxylic acid groups (broad SMARTS) is 1. The first-order valence-electron chi connectivity index (χ1n) is 5.20. The number of carbonyl (C=O) groups excluding carboxylic acids is 1. The van der Waals surface area contributed by atoms with Crippen LogP contribution in [0, 0.1) is 6.92 Å². The maximum atomic E-state index is 11.5. The lowest BCUT2D eigenvalue weighted by Crippen LogP contribution is -2.26. The molecule has 5 nitrogen and oxygen atoms in total. The summed E-state index contributed by atoms with van der Waals surface area (Å²) in [7, 11) is 0. The minimum atomic E-state index is -1.09. The van der Waals surface area contributed by atoms with Crippen LogP contribution in [0.5, 0.6) is 0 Å². The van der Waals surface area contributed by atoms with Crippen molar-refractivity contribution in [3.63, 3.8) is 0 Å². The average Bonchev–Trinajstić information content (AvgIpc) is 2.29. The van der Waals surface area contributed by atoms with Crippen LogP contribution >= 0.6 is 0 Å². The van der Waals surface area contributed by atoms with Crippen LogP contribution in [0.2, 0.25) is 0 Å². The highest BCUT2D eigenvalue weighted by Crippen LogP contribution is 2.12. The summed E-state index contributed by atoms with van der Waals surface area (Å²) in [6, 6.07) is 7.32. The molecule has 0 heterocycles. The number of para-hydroxylation sites is 1. The van der Waals surface area contributed by atoms with Gasteiger partial charge in [-0.25, -0.2) is 4.79 Å². The fraction of sp³-hybridized carbons (Fsp3) is 0.333. The minimum absolute atomic E-state index is 0.276. The SMILES string of the molecule is Cc1ccccc1NC(=O)CO[C@@H](C)C(=O)O. The molecule has 0 radical (unpaired) electrons. The van der Waals surface area contributed by atoms with Gasteiger partial charge in [0.15, 0.2) is 6.10 Å². The van der Waals surface area contributed by atoms with Crippen molar-refractivity contribution in [2.75, 3.05) is 11.9 Å². The number of hydrogen-bond acceptors (Lipinski definition) is 3. The van der Waals surface area contributed by atoms with Crippen molar-refractivity contribution in [3.05, 3.63) is 29.8 Å². The van der Waals surface area contributed by atoms with E-state index in [0.29, 0.717) is 5.69 Å². The minimum Gasteiger partial charge on any atom is -0.479 e. The topological polar surface area (TPSA) is 75.6 Å². The number of hydrogen-bond donors (Lipinski definition) is 2. The van der Waals surface area contributed by atoms with E-state index in [-0.39, 0.29) is 12.5 Å². The summed E-state index contributed by atoms with van der Waals surface area (Å²) in [5, 5.41) is 11.2. The third-order valence-electron chi connectivity index (χ3n) is 2.23. The summed E-state index contributed by atoms with van der Waals surface area (Å²) in [5.74, 6) is -1.46. The highest BCUT2D eigenvalue weighted by atomic mass is 16.5. The Morgan fingerprint density at radius 2 is 2.06 bits per heavy atom. The van der Waals surface area contributed by atoms with Gasteiger partial charge in [0.25, 0.3) is 0 Å². The maximum Gasteiger partial charge on any atom is 0.332 e. The van der Waals surface area contributed by atoms with Gasteiger partial charge in [-0.15, -0.1) is 0 Å². The average molecular weight is 237 g/mol. The monoisotopic (exact) mass is 237 g/mol. The molecular weight excluding hydrogens is 222 g/mol. The summed E-state index contributed by atoms with van der Waals surface area (Å²) in [6.45, 7) is 2.97. The number of aliphatic carboxylic acids is 1. The van der Waals surface area contributed by atoms with Crippen LogP contribution in [0.4, 0.5) is 5.69 Å². The van der Waals surface area contributed by atoms with E-state index >= 15 is 0 Å². The Balaban J connectivity index is 2.46. The Bertz CT molecular complexity index is 417. The van der Waals surface area contributed by atoms with E-state index in [2.05, 4.69) is 5.32 Å². The summed E-state index contributed by atoms with van der Waals surface area (Å²) < 4.78 is 4.87. The van der Waals surface area contributed by atoms with E-state index in [0.717, 1.165) is 5.56 Å². The zero-order chi connectivity index (χ0) is 12.8. The molecular formula is C12H15NO4. The normalized spacial score (nSPS) is 11.9. The molecule has 0 aromatic heterocycles. The molecule has 1 aromatic carbocycles. The van der Waals surface area contributed by atoms with E-state index in [9.17, 15) is 9.59 Å². The maximum absolute atomic E-state index is 11.5. The van der Waals surface area contributed by atoms with E-state index in [4.69, 9.17) is 9.84 Å². The van der Waals surface area contributed by atoms with Gasteiger partial charge in [-0.2, -0.15) is 0 Å². The zero-order valence-electron chi connectivity index (χ0n) is 9.77. The number of ether oxygens (including phenoxy) is 1. The van der Waals surface area contributed by atoms with Crippen molar-refractivity contribution >= 4 is 17.6 Å². The van der Waals surface area contributed by atoms with Gasteiger partial charge in [-0.05, 0) is 25.5 Å². The number of amides is 1. The molecule has 0 spiro atoms. The smallest absolute Gasteiger partial charge is 0.332 e. The molecule has 0 saturated carbocycles. The fourth-order valence-corrected chi connectivity index (χ4v) is 1.17. The van der Waals surface area contributed by atoms with Crippen molar-refractivity contribution < 1.29 is 19.4 Å². The Morgan fingerprint density at radius 3 is 2.65 bits per heavy atom. The lowest BCUT2D eigenvalue weighted by molar-refractivity contribution is -0.150. The first-order valence-corrected chi connectivity index (χ1v) is 5.20. The quantitative estimate of drug-likeness (QED) is 0.812. The van der Waals surface area contributed by atoms with Crippen molar-refractivity contribution in [2.24, 2.45) is 0 Å². The summed E-state index contributed by atoms with van der Waals surface area (Å²) in [4.78, 5) is 21.9. The molecule has 2 N–H and O–H groups in total. The molecule has 0 saturated heterocycles. The molecule has 1 amide bonds. The fourth-order valence-electron chi connectivity index (χ4n) is 1.17. The molecule has 17 heavy (non-hydrogen) atoms. The second kappa shape index (κ2) is 6.00. The van der Waals surface area contributed by atoms with Crippen LogP contribution in [0.15, 0.2) is 24.3 Å². The second-order valence-electron chi connectivity index (χ2n) is 3.65. The Hall–Kier alpha value is -1.88.